The van der Waals surface area contributed by atoms with E-state index in [1.54, 1.807) is 0 Å². The zero-order valence-electron chi connectivity index (χ0n) is 9.23. The molecule has 1 heterocycles. The lowest BCUT2D eigenvalue weighted by atomic mass is 9.99. The Kier molecular flexibility index (Phi) is 3.01. The Morgan fingerprint density at radius 2 is 2.05 bits per heavy atom. The summed E-state index contributed by atoms with van der Waals surface area (Å²) in [6, 6.07) is 3.54. The molecule has 0 bridgehead atoms. The number of ether oxygens (including phenoxy) is 1. The number of carbonyl (C=O) groups excluding carboxylic acids is 1. The maximum atomic E-state index is 12.3. The number of alkyl halides is 3. The molecule has 1 aliphatic rings. The molecular weight excluding hydrogens is 267 g/mol. The fourth-order valence-electron chi connectivity index (χ4n) is 1.63. The maximum Gasteiger partial charge on any atom is 0.454 e. The molecule has 0 N–H and O–H groups in total. The Morgan fingerprint density at radius 3 is 2.63 bits per heavy atom. The van der Waals surface area contributed by atoms with Gasteiger partial charge in [-0.15, -0.1) is 0 Å². The lowest BCUT2D eigenvalue weighted by Gasteiger charge is -2.17. The third-order valence-electron chi connectivity index (χ3n) is 2.51. The summed E-state index contributed by atoms with van der Waals surface area (Å²) < 4.78 is 41.7. The van der Waals surface area contributed by atoms with Crippen LogP contribution in [0.2, 0.25) is 0 Å². The highest BCUT2D eigenvalue weighted by Gasteiger charge is 2.41. The van der Waals surface area contributed by atoms with Gasteiger partial charge in [-0.25, -0.2) is 0 Å². The summed E-state index contributed by atoms with van der Waals surface area (Å²) in [5, 5.41) is 10.6. The zero-order chi connectivity index (χ0) is 14.2. The van der Waals surface area contributed by atoms with Crippen LogP contribution in [0.15, 0.2) is 30.0 Å². The van der Waals surface area contributed by atoms with Gasteiger partial charge in [0.05, 0.1) is 11.2 Å². The number of hydrogen-bond donors (Lipinski definition) is 0. The van der Waals surface area contributed by atoms with Crippen LogP contribution in [0.25, 0.3) is 0 Å². The molecule has 0 saturated heterocycles. The van der Waals surface area contributed by atoms with E-state index in [1.807, 2.05) is 0 Å². The fraction of sp³-hybridized carbons (Fsp3) is 0.182. The van der Waals surface area contributed by atoms with Crippen molar-refractivity contribution in [2.45, 2.75) is 12.6 Å². The number of nitro groups is 1. The highest BCUT2D eigenvalue weighted by molar-refractivity contribution is 6.00. The fourth-order valence-corrected chi connectivity index (χ4v) is 1.63. The van der Waals surface area contributed by atoms with E-state index in [1.165, 1.54) is 12.1 Å². The van der Waals surface area contributed by atoms with Crippen LogP contribution in [-0.4, -0.2) is 16.9 Å². The molecule has 0 aromatic heterocycles. The highest BCUT2D eigenvalue weighted by Crippen LogP contribution is 2.32. The normalized spacial score (nSPS) is 14.2. The number of halogens is 3. The number of non-ortho nitro benzene ring substituents is 1. The van der Waals surface area contributed by atoms with Crippen molar-refractivity contribution < 1.29 is 27.6 Å². The van der Waals surface area contributed by atoms with Crippen LogP contribution in [-0.2, 0) is 11.2 Å². The second-order valence-corrected chi connectivity index (χ2v) is 3.81. The molecule has 1 aromatic carbocycles. The van der Waals surface area contributed by atoms with E-state index in [9.17, 15) is 28.1 Å². The van der Waals surface area contributed by atoms with Crippen molar-refractivity contribution in [3.63, 3.8) is 0 Å². The quantitative estimate of drug-likeness (QED) is 0.613. The van der Waals surface area contributed by atoms with E-state index in [-0.39, 0.29) is 23.4 Å². The predicted molar refractivity (Wildman–Crippen MR) is 56.6 cm³/mol. The molecule has 0 amide bonds. The van der Waals surface area contributed by atoms with Gasteiger partial charge in [0.25, 0.3) is 11.5 Å². The van der Waals surface area contributed by atoms with E-state index in [0.29, 0.717) is 0 Å². The number of carbonyl (C=O) groups is 1. The van der Waals surface area contributed by atoms with Gasteiger partial charge in [-0.2, -0.15) is 13.2 Å². The summed E-state index contributed by atoms with van der Waals surface area (Å²) >= 11 is 0. The van der Waals surface area contributed by atoms with Gasteiger partial charge in [0.15, 0.2) is 0 Å². The molecule has 2 rings (SSSR count). The second-order valence-electron chi connectivity index (χ2n) is 3.81. The predicted octanol–water partition coefficient (Wildman–Crippen LogP) is 2.55. The number of hydrogen-bond acceptors (Lipinski definition) is 4. The Bertz CT molecular complexity index is 592. The summed E-state index contributed by atoms with van der Waals surface area (Å²) in [7, 11) is 0. The van der Waals surface area contributed by atoms with Gasteiger partial charge in [0.2, 0.25) is 0 Å². The molecule has 1 aromatic rings. The number of nitrogens with zero attached hydrogens (tertiary/aromatic N) is 1. The van der Waals surface area contributed by atoms with E-state index in [4.69, 9.17) is 4.74 Å². The molecule has 19 heavy (non-hydrogen) atoms. The van der Waals surface area contributed by atoms with Crippen molar-refractivity contribution in [2.24, 2.45) is 0 Å². The minimum Gasteiger partial charge on any atom is -0.464 e. The summed E-state index contributed by atoms with van der Waals surface area (Å²) in [6.07, 6.45) is -4.62. The molecule has 5 nitrogen and oxygen atoms in total. The van der Waals surface area contributed by atoms with Crippen LogP contribution in [0.4, 0.5) is 18.9 Å². The second kappa shape index (κ2) is 4.38. The van der Waals surface area contributed by atoms with Crippen LogP contribution < -0.4 is 4.74 Å². The van der Waals surface area contributed by atoms with Gasteiger partial charge < -0.3 is 4.74 Å². The third-order valence-corrected chi connectivity index (χ3v) is 2.51. The van der Waals surface area contributed by atoms with Crippen molar-refractivity contribution in [1.29, 1.82) is 0 Å². The first kappa shape index (κ1) is 13.1. The number of rotatable bonds is 2. The number of nitro benzene ring substituents is 1. The summed E-state index contributed by atoms with van der Waals surface area (Å²) in [5.74, 6) is -1.81. The van der Waals surface area contributed by atoms with Crippen LogP contribution >= 0.6 is 0 Å². The number of Topliss-reactive ketones (excluding diaryl/α,β-unsaturated/α-hetero) is 1. The first-order valence-electron chi connectivity index (χ1n) is 5.03. The van der Waals surface area contributed by atoms with E-state index in [0.717, 1.165) is 12.3 Å². The van der Waals surface area contributed by atoms with Crippen molar-refractivity contribution in [2.75, 3.05) is 0 Å². The molecule has 0 fully saturated rings. The molecule has 0 aliphatic carbocycles. The first-order valence-corrected chi connectivity index (χ1v) is 5.03. The SMILES string of the molecule is O=C(C1=COc2ccc([N+](=O)[O-])cc2C1)C(F)(F)F. The smallest absolute Gasteiger partial charge is 0.454 e. The summed E-state index contributed by atoms with van der Waals surface area (Å²) in [6.45, 7) is 0. The van der Waals surface area contributed by atoms with Crippen molar-refractivity contribution in [3.05, 3.63) is 45.7 Å². The lowest BCUT2D eigenvalue weighted by Crippen LogP contribution is -2.27. The van der Waals surface area contributed by atoms with Crippen molar-refractivity contribution in [1.82, 2.24) is 0 Å². The maximum absolute atomic E-state index is 12.3. The highest BCUT2D eigenvalue weighted by atomic mass is 19.4. The Labute approximate surface area is 104 Å². The van der Waals surface area contributed by atoms with Crippen LogP contribution in [0.5, 0.6) is 5.75 Å². The Balaban J connectivity index is 2.30. The average molecular weight is 273 g/mol. The van der Waals surface area contributed by atoms with Crippen molar-refractivity contribution in [3.8, 4) is 5.75 Å². The van der Waals surface area contributed by atoms with Gasteiger partial charge in [0, 0.05) is 29.7 Å². The monoisotopic (exact) mass is 273 g/mol. The lowest BCUT2D eigenvalue weighted by molar-refractivity contribution is -0.384. The van der Waals surface area contributed by atoms with E-state index >= 15 is 0 Å². The molecular formula is C11H6F3NO4. The molecule has 0 radical (unpaired) electrons. The average Bonchev–Trinajstić information content (AvgIpc) is 2.35. The molecule has 0 unspecified atom stereocenters. The van der Waals surface area contributed by atoms with Crippen LogP contribution in [0.1, 0.15) is 5.56 Å². The molecule has 1 aliphatic heterocycles. The first-order chi connectivity index (χ1) is 8.79. The van der Waals surface area contributed by atoms with Gasteiger partial charge in [-0.3, -0.25) is 14.9 Å². The number of benzene rings is 1. The zero-order valence-corrected chi connectivity index (χ0v) is 9.23. The summed E-state index contributed by atoms with van der Waals surface area (Å²) in [5.41, 5.74) is -0.687. The molecule has 0 spiro atoms. The minimum absolute atomic E-state index is 0.171. The summed E-state index contributed by atoms with van der Waals surface area (Å²) in [4.78, 5) is 20.9. The molecule has 100 valence electrons. The van der Waals surface area contributed by atoms with Gasteiger partial charge in [-0.05, 0) is 6.07 Å². The van der Waals surface area contributed by atoms with Crippen molar-refractivity contribution >= 4 is 11.5 Å². The Hall–Kier alpha value is -2.38. The molecule has 0 atom stereocenters. The van der Waals surface area contributed by atoms with Gasteiger partial charge in [0.1, 0.15) is 5.75 Å². The minimum atomic E-state index is -4.99. The third kappa shape index (κ3) is 2.56. The Morgan fingerprint density at radius 1 is 1.37 bits per heavy atom. The van der Waals surface area contributed by atoms with Crippen LogP contribution in [0, 0.1) is 10.1 Å². The van der Waals surface area contributed by atoms with Gasteiger partial charge in [-0.1, -0.05) is 0 Å². The molecule has 0 saturated carbocycles. The van der Waals surface area contributed by atoms with Crippen LogP contribution in [0.3, 0.4) is 0 Å². The topological polar surface area (TPSA) is 69.4 Å². The number of ketones is 1. The largest absolute Gasteiger partial charge is 0.464 e. The van der Waals surface area contributed by atoms with Gasteiger partial charge >= 0.3 is 6.18 Å². The number of fused-ring (bicyclic) bond motifs is 1. The number of allylic oxidation sites excluding steroid dienone is 1. The van der Waals surface area contributed by atoms with E-state index in [2.05, 4.69) is 0 Å². The van der Waals surface area contributed by atoms with E-state index < -0.39 is 22.5 Å². The standard InChI is InChI=1S/C11H6F3NO4/c12-11(13,14)10(16)7-3-6-4-8(15(17)18)1-2-9(6)19-5-7/h1-2,4-5H,3H2. The molecule has 8 heteroatoms.